The standard InChI is InChI=1S/C8H14NP/c1-4-7(3)6-8(10)9-5-2/h5-6H,2,4,10H2,1,3H3/b7-6-,9-8?. The predicted molar refractivity (Wildman–Crippen MR) is 51.4 cm³/mol. The van der Waals surface area contributed by atoms with Gasteiger partial charge in [0.2, 0.25) is 0 Å². The zero-order valence-electron chi connectivity index (χ0n) is 6.59. The van der Waals surface area contributed by atoms with Crippen LogP contribution in [0.25, 0.3) is 0 Å². The Bertz CT molecular complexity index is 168. The van der Waals surface area contributed by atoms with Crippen molar-refractivity contribution < 1.29 is 0 Å². The Hall–Kier alpha value is -0.420. The number of aliphatic imine (C=N–C) groups is 1. The van der Waals surface area contributed by atoms with Crippen molar-refractivity contribution in [3.8, 4) is 0 Å². The Morgan fingerprint density at radius 2 is 2.30 bits per heavy atom. The highest BCUT2D eigenvalue weighted by molar-refractivity contribution is 7.41. The Morgan fingerprint density at radius 1 is 1.70 bits per heavy atom. The van der Waals surface area contributed by atoms with E-state index in [9.17, 15) is 0 Å². The van der Waals surface area contributed by atoms with Gasteiger partial charge in [0, 0.05) is 6.20 Å². The first-order valence-electron chi connectivity index (χ1n) is 3.32. The van der Waals surface area contributed by atoms with E-state index in [-0.39, 0.29) is 0 Å². The first kappa shape index (κ1) is 9.58. The molecule has 0 aliphatic rings. The summed E-state index contributed by atoms with van der Waals surface area (Å²) in [5.41, 5.74) is 2.27. The van der Waals surface area contributed by atoms with Crippen LogP contribution >= 0.6 is 9.24 Å². The van der Waals surface area contributed by atoms with Crippen molar-refractivity contribution in [1.29, 1.82) is 0 Å². The number of hydrogen-bond acceptors (Lipinski definition) is 1. The van der Waals surface area contributed by atoms with E-state index in [1.165, 1.54) is 5.57 Å². The minimum absolute atomic E-state index is 0.939. The topological polar surface area (TPSA) is 12.4 Å². The quantitative estimate of drug-likeness (QED) is 0.439. The molecule has 0 N–H and O–H groups in total. The Morgan fingerprint density at radius 3 is 2.70 bits per heavy atom. The summed E-state index contributed by atoms with van der Waals surface area (Å²) in [6.07, 6.45) is 4.65. The molecule has 0 heterocycles. The van der Waals surface area contributed by atoms with E-state index < -0.39 is 0 Å². The summed E-state index contributed by atoms with van der Waals surface area (Å²) < 4.78 is 0. The highest BCUT2D eigenvalue weighted by atomic mass is 31.0. The summed E-state index contributed by atoms with van der Waals surface area (Å²) in [6.45, 7) is 7.71. The van der Waals surface area contributed by atoms with Gasteiger partial charge in [-0.3, -0.25) is 4.99 Å². The smallest absolute Gasteiger partial charge is 0.0568 e. The average Bonchev–Trinajstić information content (AvgIpc) is 1.88. The van der Waals surface area contributed by atoms with Crippen molar-refractivity contribution >= 4 is 14.7 Å². The monoisotopic (exact) mass is 155 g/mol. The van der Waals surface area contributed by atoms with E-state index in [1.54, 1.807) is 6.20 Å². The maximum atomic E-state index is 3.98. The molecule has 56 valence electrons. The SMILES string of the molecule is C=CN=C(P)/C=C(/C)CC. The van der Waals surface area contributed by atoms with Crippen LogP contribution in [0.1, 0.15) is 20.3 Å². The maximum Gasteiger partial charge on any atom is 0.0568 e. The molecule has 10 heavy (non-hydrogen) atoms. The molecule has 0 saturated carbocycles. The van der Waals surface area contributed by atoms with Crippen LogP contribution in [0.5, 0.6) is 0 Å². The van der Waals surface area contributed by atoms with Gasteiger partial charge in [0.1, 0.15) is 0 Å². The third kappa shape index (κ3) is 4.46. The lowest BCUT2D eigenvalue weighted by atomic mass is 10.2. The lowest BCUT2D eigenvalue weighted by molar-refractivity contribution is 1.10. The van der Waals surface area contributed by atoms with Crippen LogP contribution in [-0.2, 0) is 0 Å². The lowest BCUT2D eigenvalue weighted by Gasteiger charge is -1.92. The molecule has 0 aromatic heterocycles. The molecule has 1 unspecified atom stereocenters. The van der Waals surface area contributed by atoms with Crippen LogP contribution in [-0.4, -0.2) is 5.45 Å². The van der Waals surface area contributed by atoms with Gasteiger partial charge in [-0.1, -0.05) is 28.3 Å². The van der Waals surface area contributed by atoms with E-state index in [4.69, 9.17) is 0 Å². The van der Waals surface area contributed by atoms with Gasteiger partial charge >= 0.3 is 0 Å². The molecule has 0 aromatic carbocycles. The minimum atomic E-state index is 0.939. The van der Waals surface area contributed by atoms with E-state index in [1.807, 2.05) is 6.08 Å². The fourth-order valence-corrected chi connectivity index (χ4v) is 0.887. The molecule has 0 spiro atoms. The predicted octanol–water partition coefficient (Wildman–Crippen LogP) is 2.76. The van der Waals surface area contributed by atoms with Gasteiger partial charge in [0.15, 0.2) is 0 Å². The summed E-state index contributed by atoms with van der Waals surface area (Å²) in [5.74, 6) is 0. The van der Waals surface area contributed by atoms with E-state index in [0.717, 1.165) is 11.9 Å². The third-order valence-corrected chi connectivity index (χ3v) is 1.51. The van der Waals surface area contributed by atoms with Crippen LogP contribution in [0, 0.1) is 0 Å². The van der Waals surface area contributed by atoms with Crippen LogP contribution in [0.3, 0.4) is 0 Å². The number of allylic oxidation sites excluding steroid dienone is 2. The largest absolute Gasteiger partial charge is 0.258 e. The molecule has 0 amide bonds. The summed E-state index contributed by atoms with van der Waals surface area (Å²) >= 11 is 0. The minimum Gasteiger partial charge on any atom is -0.258 e. The molecule has 0 aliphatic heterocycles. The van der Waals surface area contributed by atoms with Crippen LogP contribution < -0.4 is 0 Å². The number of nitrogens with zero attached hydrogens (tertiary/aromatic N) is 1. The second-order valence-electron chi connectivity index (χ2n) is 2.08. The van der Waals surface area contributed by atoms with Crippen molar-refractivity contribution in [3.05, 3.63) is 24.4 Å². The second-order valence-corrected chi connectivity index (χ2v) is 2.67. The summed E-state index contributed by atoms with van der Waals surface area (Å²) in [5, 5.41) is 0. The molecular weight excluding hydrogens is 141 g/mol. The summed E-state index contributed by atoms with van der Waals surface area (Å²) in [4.78, 5) is 3.98. The van der Waals surface area contributed by atoms with Gasteiger partial charge < -0.3 is 0 Å². The average molecular weight is 155 g/mol. The van der Waals surface area contributed by atoms with Crippen molar-refractivity contribution in [2.45, 2.75) is 20.3 Å². The van der Waals surface area contributed by atoms with Gasteiger partial charge in [-0.25, -0.2) is 0 Å². The fraction of sp³-hybridized carbons (Fsp3) is 0.375. The van der Waals surface area contributed by atoms with Crippen LogP contribution in [0.4, 0.5) is 0 Å². The van der Waals surface area contributed by atoms with E-state index in [0.29, 0.717) is 0 Å². The molecule has 0 saturated heterocycles. The normalized spacial score (nSPS) is 13.5. The van der Waals surface area contributed by atoms with Gasteiger partial charge in [0.05, 0.1) is 5.45 Å². The molecule has 0 aromatic rings. The van der Waals surface area contributed by atoms with Gasteiger partial charge in [-0.05, 0) is 19.4 Å². The van der Waals surface area contributed by atoms with E-state index in [2.05, 4.69) is 34.7 Å². The molecule has 2 heteroatoms. The van der Waals surface area contributed by atoms with Crippen LogP contribution in [0.15, 0.2) is 29.4 Å². The Kier molecular flexibility index (Phi) is 5.15. The summed E-state index contributed by atoms with van der Waals surface area (Å²) in [6, 6.07) is 0. The second kappa shape index (κ2) is 5.37. The van der Waals surface area contributed by atoms with Gasteiger partial charge in [-0.2, -0.15) is 0 Å². The molecule has 1 atom stereocenters. The first-order chi connectivity index (χ1) is 4.70. The molecule has 0 aliphatic carbocycles. The van der Waals surface area contributed by atoms with Crippen molar-refractivity contribution in [1.82, 2.24) is 0 Å². The molecule has 1 nitrogen and oxygen atoms in total. The van der Waals surface area contributed by atoms with Gasteiger partial charge in [-0.15, -0.1) is 0 Å². The molecule has 0 fully saturated rings. The fourth-order valence-electron chi connectivity index (χ4n) is 0.497. The maximum absolute atomic E-state index is 3.98. The molecule has 0 bridgehead atoms. The third-order valence-electron chi connectivity index (χ3n) is 1.19. The molecular formula is C8H14NP. The summed E-state index contributed by atoms with van der Waals surface area (Å²) in [7, 11) is 2.55. The Labute approximate surface area is 65.1 Å². The highest BCUT2D eigenvalue weighted by Gasteiger charge is 1.84. The highest BCUT2D eigenvalue weighted by Crippen LogP contribution is 2.02. The number of hydrogen-bond donors (Lipinski definition) is 0. The van der Waals surface area contributed by atoms with Crippen molar-refractivity contribution in [2.24, 2.45) is 4.99 Å². The zero-order chi connectivity index (χ0) is 7.98. The van der Waals surface area contributed by atoms with Crippen molar-refractivity contribution in [2.75, 3.05) is 0 Å². The zero-order valence-corrected chi connectivity index (χ0v) is 7.75. The Balaban J connectivity index is 4.11. The lowest BCUT2D eigenvalue weighted by Crippen LogP contribution is -1.80. The number of rotatable bonds is 3. The van der Waals surface area contributed by atoms with E-state index >= 15 is 0 Å². The van der Waals surface area contributed by atoms with Crippen LogP contribution in [0.2, 0.25) is 0 Å². The van der Waals surface area contributed by atoms with Crippen molar-refractivity contribution in [3.63, 3.8) is 0 Å². The molecule has 0 radical (unpaired) electrons. The molecule has 0 rings (SSSR count). The van der Waals surface area contributed by atoms with Gasteiger partial charge in [0.25, 0.3) is 0 Å². The first-order valence-corrected chi connectivity index (χ1v) is 3.89.